The molecule has 0 saturated heterocycles. The van der Waals surface area contributed by atoms with Crippen molar-refractivity contribution in [2.24, 2.45) is 0 Å². The Morgan fingerprint density at radius 2 is 1.56 bits per heavy atom. The first-order valence-corrected chi connectivity index (χ1v) is 16.6. The molecule has 3 aromatic rings. The van der Waals surface area contributed by atoms with Gasteiger partial charge in [0.15, 0.2) is 0 Å². The van der Waals surface area contributed by atoms with Crippen LogP contribution in [0.5, 0.6) is 0 Å². The van der Waals surface area contributed by atoms with Crippen molar-refractivity contribution in [3.8, 4) is 0 Å². The Kier molecular flexibility index (Phi) is 12.4. The van der Waals surface area contributed by atoms with Crippen molar-refractivity contribution in [3.05, 3.63) is 100 Å². The number of halogens is 1. The zero-order valence-electron chi connectivity index (χ0n) is 24.1. The molecule has 0 saturated carbocycles. The molecule has 7 nitrogen and oxygen atoms in total. The lowest BCUT2D eigenvalue weighted by Crippen LogP contribution is -2.50. The topological polar surface area (TPSA) is 86.8 Å². The van der Waals surface area contributed by atoms with E-state index < -0.39 is 16.1 Å². The van der Waals surface area contributed by atoms with Gasteiger partial charge in [0, 0.05) is 36.9 Å². The molecule has 0 aliphatic heterocycles. The lowest BCUT2D eigenvalue weighted by molar-refractivity contribution is -0.141. The molecule has 3 aromatic carbocycles. The third kappa shape index (κ3) is 10.0. The number of nitrogens with zero attached hydrogens (tertiary/aromatic N) is 2. The largest absolute Gasteiger partial charge is 0.354 e. The number of hydrogen-bond acceptors (Lipinski definition) is 4. The van der Waals surface area contributed by atoms with E-state index in [-0.39, 0.29) is 31.3 Å². The van der Waals surface area contributed by atoms with Crippen LogP contribution in [-0.4, -0.2) is 50.5 Å². The molecule has 0 bridgehead atoms. The number of para-hydroxylation sites is 1. The van der Waals surface area contributed by atoms with Crippen LogP contribution in [0.1, 0.15) is 49.3 Å². The van der Waals surface area contributed by atoms with Crippen molar-refractivity contribution < 1.29 is 18.0 Å². The molecule has 41 heavy (non-hydrogen) atoms. The molecule has 0 unspecified atom stereocenters. The third-order valence-corrected chi connectivity index (χ3v) is 8.61. The summed E-state index contributed by atoms with van der Waals surface area (Å²) >= 11 is 3.46. The first-order chi connectivity index (χ1) is 19.6. The number of nitrogens with one attached hydrogen (secondary N) is 1. The minimum absolute atomic E-state index is 0.0992. The van der Waals surface area contributed by atoms with Crippen molar-refractivity contribution in [3.63, 3.8) is 0 Å². The maximum absolute atomic E-state index is 13.9. The summed E-state index contributed by atoms with van der Waals surface area (Å²) in [6.07, 6.45) is 3.76. The number of benzene rings is 3. The number of sulfonamides is 1. The Balaban J connectivity index is 1.87. The SMILES string of the molecule is CCCCNC(=O)[C@H](Cc1ccccc1)N(Cc1ccc(Br)cc1)C(=O)CCCN(c1ccccc1C)S(C)(=O)=O. The third-order valence-electron chi connectivity index (χ3n) is 6.90. The van der Waals surface area contributed by atoms with Crippen molar-refractivity contribution in [2.75, 3.05) is 23.7 Å². The monoisotopic (exact) mass is 641 g/mol. The van der Waals surface area contributed by atoms with E-state index in [0.717, 1.165) is 34.0 Å². The van der Waals surface area contributed by atoms with Crippen LogP contribution in [0.25, 0.3) is 0 Å². The van der Waals surface area contributed by atoms with E-state index in [1.807, 2.05) is 73.7 Å². The van der Waals surface area contributed by atoms with Gasteiger partial charge in [0.1, 0.15) is 6.04 Å². The van der Waals surface area contributed by atoms with Crippen LogP contribution >= 0.6 is 15.9 Å². The van der Waals surface area contributed by atoms with E-state index in [1.54, 1.807) is 17.0 Å². The summed E-state index contributed by atoms with van der Waals surface area (Å²) < 4.78 is 27.6. The second kappa shape index (κ2) is 15.7. The number of carbonyl (C=O) groups is 2. The number of anilines is 1. The molecular formula is C32H40BrN3O4S. The number of aryl methyl sites for hydroxylation is 1. The molecular weight excluding hydrogens is 602 g/mol. The quantitative estimate of drug-likeness (QED) is 0.211. The summed E-state index contributed by atoms with van der Waals surface area (Å²) in [6.45, 7) is 4.89. The molecule has 2 amide bonds. The number of amides is 2. The molecule has 1 atom stereocenters. The van der Waals surface area contributed by atoms with Gasteiger partial charge in [-0.25, -0.2) is 8.42 Å². The van der Waals surface area contributed by atoms with Gasteiger partial charge >= 0.3 is 0 Å². The van der Waals surface area contributed by atoms with Gasteiger partial charge in [0.25, 0.3) is 0 Å². The highest BCUT2D eigenvalue weighted by atomic mass is 79.9. The lowest BCUT2D eigenvalue weighted by atomic mass is 10.0. The first-order valence-electron chi connectivity index (χ1n) is 14.0. The van der Waals surface area contributed by atoms with E-state index in [4.69, 9.17) is 0 Å². The first kappa shape index (κ1) is 32.3. The van der Waals surface area contributed by atoms with Gasteiger partial charge < -0.3 is 10.2 Å². The van der Waals surface area contributed by atoms with E-state index in [9.17, 15) is 18.0 Å². The minimum Gasteiger partial charge on any atom is -0.354 e. The average Bonchev–Trinajstić information content (AvgIpc) is 2.94. The molecule has 0 radical (unpaired) electrons. The Morgan fingerprint density at radius 3 is 2.20 bits per heavy atom. The number of rotatable bonds is 15. The van der Waals surface area contributed by atoms with Crippen LogP contribution in [0.3, 0.4) is 0 Å². The summed E-state index contributed by atoms with van der Waals surface area (Å²) in [5.41, 5.74) is 3.30. The fourth-order valence-electron chi connectivity index (χ4n) is 4.67. The van der Waals surface area contributed by atoms with Gasteiger partial charge in [-0.3, -0.25) is 13.9 Å². The summed E-state index contributed by atoms with van der Waals surface area (Å²) in [5, 5.41) is 3.03. The summed E-state index contributed by atoms with van der Waals surface area (Å²) in [5.74, 6) is -0.386. The number of carbonyl (C=O) groups excluding carboxylic acids is 2. The number of hydrogen-bond donors (Lipinski definition) is 1. The second-order valence-corrected chi connectivity index (χ2v) is 13.0. The molecule has 9 heteroatoms. The molecule has 0 heterocycles. The standard InChI is InChI=1S/C32H40BrN3O4S/c1-4-5-21-34-32(38)30(23-26-13-7-6-8-14-26)35(24-27-17-19-28(33)20-18-27)31(37)16-11-22-36(41(3,39)40)29-15-10-9-12-25(29)2/h6-10,12-15,17-20,30H,4-5,11,16,21-24H2,1-3H3,(H,34,38)/t30-/m0/s1. The molecule has 0 aliphatic carbocycles. The highest BCUT2D eigenvalue weighted by molar-refractivity contribution is 9.10. The summed E-state index contributed by atoms with van der Waals surface area (Å²) in [6, 6.07) is 24.0. The van der Waals surface area contributed by atoms with Gasteiger partial charge in [-0.15, -0.1) is 0 Å². The van der Waals surface area contributed by atoms with Gasteiger partial charge in [-0.2, -0.15) is 0 Å². The Bertz CT molecular complexity index is 1380. The summed E-state index contributed by atoms with van der Waals surface area (Å²) in [7, 11) is -3.55. The van der Waals surface area contributed by atoms with Crippen LogP contribution in [0.2, 0.25) is 0 Å². The fourth-order valence-corrected chi connectivity index (χ4v) is 5.96. The molecule has 0 spiro atoms. The van der Waals surface area contributed by atoms with Gasteiger partial charge in [0.05, 0.1) is 11.9 Å². The van der Waals surface area contributed by atoms with Crippen molar-refractivity contribution in [2.45, 2.75) is 58.5 Å². The van der Waals surface area contributed by atoms with E-state index in [0.29, 0.717) is 25.1 Å². The summed E-state index contributed by atoms with van der Waals surface area (Å²) in [4.78, 5) is 29.1. The zero-order chi connectivity index (χ0) is 29.8. The predicted octanol–water partition coefficient (Wildman–Crippen LogP) is 5.86. The molecule has 0 aromatic heterocycles. The molecule has 0 fully saturated rings. The average molecular weight is 643 g/mol. The van der Waals surface area contributed by atoms with Gasteiger partial charge in [0.2, 0.25) is 21.8 Å². The fraction of sp³-hybridized carbons (Fsp3) is 0.375. The molecule has 0 aliphatic rings. The minimum atomic E-state index is -3.55. The highest BCUT2D eigenvalue weighted by Crippen LogP contribution is 2.23. The highest BCUT2D eigenvalue weighted by Gasteiger charge is 2.30. The number of unbranched alkanes of at least 4 members (excludes halogenated alkanes) is 1. The van der Waals surface area contributed by atoms with Gasteiger partial charge in [-0.05, 0) is 54.7 Å². The van der Waals surface area contributed by atoms with Crippen LogP contribution in [0, 0.1) is 6.92 Å². The second-order valence-electron chi connectivity index (χ2n) is 10.2. The van der Waals surface area contributed by atoms with E-state index in [2.05, 4.69) is 28.2 Å². The molecule has 3 rings (SSSR count). The predicted molar refractivity (Wildman–Crippen MR) is 169 cm³/mol. The smallest absolute Gasteiger partial charge is 0.243 e. The van der Waals surface area contributed by atoms with E-state index in [1.165, 1.54) is 10.6 Å². The Morgan fingerprint density at radius 1 is 0.902 bits per heavy atom. The van der Waals surface area contributed by atoms with Crippen molar-refractivity contribution >= 4 is 43.5 Å². The molecule has 220 valence electrons. The van der Waals surface area contributed by atoms with Crippen LogP contribution in [0.15, 0.2) is 83.3 Å². The normalized spacial score (nSPS) is 12.0. The van der Waals surface area contributed by atoms with E-state index >= 15 is 0 Å². The van der Waals surface area contributed by atoms with Crippen LogP contribution in [-0.2, 0) is 32.6 Å². The van der Waals surface area contributed by atoms with Crippen molar-refractivity contribution in [1.82, 2.24) is 10.2 Å². The van der Waals surface area contributed by atoms with Gasteiger partial charge in [-0.1, -0.05) is 89.9 Å². The van der Waals surface area contributed by atoms with Crippen LogP contribution < -0.4 is 9.62 Å². The zero-order valence-corrected chi connectivity index (χ0v) is 26.5. The molecule has 1 N–H and O–H groups in total. The maximum atomic E-state index is 13.9. The Hall–Kier alpha value is -3.17. The van der Waals surface area contributed by atoms with Crippen molar-refractivity contribution in [1.29, 1.82) is 0 Å². The van der Waals surface area contributed by atoms with Crippen LogP contribution in [0.4, 0.5) is 5.69 Å². The Labute approximate surface area is 253 Å². The maximum Gasteiger partial charge on any atom is 0.243 e. The lowest BCUT2D eigenvalue weighted by Gasteiger charge is -2.32.